The number of ketones is 1. The number of Topliss-reactive ketones (excluding diaryl/α,β-unsaturated/α-hetero) is 1. The van der Waals surface area contributed by atoms with Gasteiger partial charge in [-0.15, -0.1) is 0 Å². The van der Waals surface area contributed by atoms with Crippen LogP contribution >= 0.6 is 0 Å². The second kappa shape index (κ2) is 4.17. The Morgan fingerprint density at radius 3 is 2.93 bits per heavy atom. The number of hydrogen-bond acceptors (Lipinski definition) is 2. The molecule has 1 aromatic rings. The topological polar surface area (TPSA) is 34.9 Å². The molecule has 3 nitrogen and oxygen atoms in total. The van der Waals surface area contributed by atoms with Gasteiger partial charge in [-0.05, 0) is 30.7 Å². The highest BCUT2D eigenvalue weighted by Crippen LogP contribution is 2.37. The van der Waals surface area contributed by atoms with Crippen molar-refractivity contribution in [2.75, 3.05) is 0 Å². The lowest BCUT2D eigenvalue weighted by Gasteiger charge is -2.07. The first kappa shape index (κ1) is 10.4. The molecule has 3 heteroatoms. The van der Waals surface area contributed by atoms with Crippen LogP contribution in [0.4, 0.5) is 0 Å². The van der Waals surface area contributed by atoms with E-state index in [1.807, 2.05) is 19.4 Å². The summed E-state index contributed by atoms with van der Waals surface area (Å²) in [7, 11) is 1.90. The van der Waals surface area contributed by atoms with E-state index in [2.05, 4.69) is 12.0 Å². The summed E-state index contributed by atoms with van der Waals surface area (Å²) in [5, 5.41) is 4.09. The van der Waals surface area contributed by atoms with Crippen LogP contribution in [-0.4, -0.2) is 15.6 Å². The Hall–Kier alpha value is -1.12. The molecule has 0 radical (unpaired) electrons. The average molecular weight is 206 g/mol. The monoisotopic (exact) mass is 206 g/mol. The van der Waals surface area contributed by atoms with E-state index in [1.54, 1.807) is 4.68 Å². The Kier molecular flexibility index (Phi) is 2.89. The van der Waals surface area contributed by atoms with E-state index in [4.69, 9.17) is 0 Å². The van der Waals surface area contributed by atoms with E-state index in [0.717, 1.165) is 12.0 Å². The molecule has 1 unspecified atom stereocenters. The molecule has 0 N–H and O–H groups in total. The van der Waals surface area contributed by atoms with Crippen molar-refractivity contribution >= 4 is 5.78 Å². The summed E-state index contributed by atoms with van der Waals surface area (Å²) in [4.78, 5) is 11.8. The van der Waals surface area contributed by atoms with Crippen LogP contribution in [0.25, 0.3) is 0 Å². The Bertz CT molecular complexity index is 352. The number of rotatable bonds is 5. The number of aryl methyl sites for hydroxylation is 2. The Morgan fingerprint density at radius 2 is 2.40 bits per heavy atom. The summed E-state index contributed by atoms with van der Waals surface area (Å²) in [6.45, 7) is 2.07. The van der Waals surface area contributed by atoms with Gasteiger partial charge < -0.3 is 0 Å². The molecule has 0 aliphatic heterocycles. The maximum absolute atomic E-state index is 11.8. The summed E-state index contributed by atoms with van der Waals surface area (Å²) >= 11 is 0. The zero-order chi connectivity index (χ0) is 10.8. The largest absolute Gasteiger partial charge is 0.299 e. The highest BCUT2D eigenvalue weighted by molar-refractivity contribution is 5.81. The van der Waals surface area contributed by atoms with Gasteiger partial charge in [0.15, 0.2) is 0 Å². The first-order chi connectivity index (χ1) is 7.16. The van der Waals surface area contributed by atoms with Crippen LogP contribution in [-0.2, 0) is 18.3 Å². The molecule has 0 saturated heterocycles. The van der Waals surface area contributed by atoms with Crippen molar-refractivity contribution in [1.29, 1.82) is 0 Å². The van der Waals surface area contributed by atoms with Gasteiger partial charge in [0.05, 0.1) is 6.20 Å². The first-order valence-electron chi connectivity index (χ1n) is 5.67. The van der Waals surface area contributed by atoms with Gasteiger partial charge in [0, 0.05) is 25.6 Å². The number of hydrogen-bond donors (Lipinski definition) is 0. The van der Waals surface area contributed by atoms with Gasteiger partial charge in [-0.3, -0.25) is 9.48 Å². The van der Waals surface area contributed by atoms with Crippen LogP contribution in [0.2, 0.25) is 0 Å². The van der Waals surface area contributed by atoms with Crippen LogP contribution in [0.15, 0.2) is 12.4 Å². The summed E-state index contributed by atoms with van der Waals surface area (Å²) in [5.41, 5.74) is 1.16. The third-order valence-corrected chi connectivity index (χ3v) is 3.26. The van der Waals surface area contributed by atoms with Gasteiger partial charge >= 0.3 is 0 Å². The fraction of sp³-hybridized carbons (Fsp3) is 0.667. The molecular formula is C12H18N2O. The maximum atomic E-state index is 11.8. The average Bonchev–Trinajstić information content (AvgIpc) is 2.98. The molecule has 15 heavy (non-hydrogen) atoms. The van der Waals surface area contributed by atoms with Gasteiger partial charge in [-0.1, -0.05) is 6.92 Å². The summed E-state index contributed by atoms with van der Waals surface area (Å²) < 4.78 is 1.78. The van der Waals surface area contributed by atoms with Crippen molar-refractivity contribution in [2.24, 2.45) is 18.9 Å². The Balaban J connectivity index is 1.79. The molecule has 1 atom stereocenters. The molecule has 1 saturated carbocycles. The summed E-state index contributed by atoms with van der Waals surface area (Å²) in [6, 6.07) is 0. The molecule has 1 fully saturated rings. The molecule has 1 heterocycles. The number of carbonyl (C=O) groups is 1. The predicted molar refractivity (Wildman–Crippen MR) is 58.4 cm³/mol. The minimum atomic E-state index is 0.279. The smallest absolute Gasteiger partial charge is 0.136 e. The molecule has 82 valence electrons. The highest BCUT2D eigenvalue weighted by Gasteiger charge is 2.31. The van der Waals surface area contributed by atoms with Gasteiger partial charge in [-0.2, -0.15) is 5.10 Å². The molecule has 0 amide bonds. The second-order valence-electron chi connectivity index (χ2n) is 4.61. The highest BCUT2D eigenvalue weighted by atomic mass is 16.1. The van der Waals surface area contributed by atoms with Crippen molar-refractivity contribution in [2.45, 2.75) is 32.6 Å². The van der Waals surface area contributed by atoms with Crippen LogP contribution in [0.5, 0.6) is 0 Å². The Morgan fingerprint density at radius 1 is 1.67 bits per heavy atom. The van der Waals surface area contributed by atoms with Gasteiger partial charge in [0.1, 0.15) is 5.78 Å². The zero-order valence-corrected chi connectivity index (χ0v) is 9.44. The summed E-state index contributed by atoms with van der Waals surface area (Å²) in [5.74, 6) is 1.38. The number of carbonyl (C=O) groups excluding carboxylic acids is 1. The fourth-order valence-corrected chi connectivity index (χ4v) is 1.96. The van der Waals surface area contributed by atoms with Crippen LogP contribution < -0.4 is 0 Å². The quantitative estimate of drug-likeness (QED) is 0.738. The Labute approximate surface area is 90.5 Å². The van der Waals surface area contributed by atoms with E-state index in [0.29, 0.717) is 18.1 Å². The molecule has 2 rings (SSSR count). The van der Waals surface area contributed by atoms with Crippen LogP contribution in [0.1, 0.15) is 31.7 Å². The van der Waals surface area contributed by atoms with E-state index >= 15 is 0 Å². The third-order valence-electron chi connectivity index (χ3n) is 3.26. The maximum Gasteiger partial charge on any atom is 0.136 e. The third kappa shape index (κ3) is 2.67. The van der Waals surface area contributed by atoms with Gasteiger partial charge in [-0.25, -0.2) is 0 Å². The lowest BCUT2D eigenvalue weighted by molar-refractivity contribution is -0.122. The van der Waals surface area contributed by atoms with Crippen molar-refractivity contribution in [3.8, 4) is 0 Å². The van der Waals surface area contributed by atoms with Crippen molar-refractivity contribution in [3.63, 3.8) is 0 Å². The molecule has 1 aliphatic carbocycles. The normalized spacial score (nSPS) is 17.7. The van der Waals surface area contributed by atoms with Crippen molar-refractivity contribution < 1.29 is 4.79 Å². The molecule has 0 bridgehead atoms. The molecular weight excluding hydrogens is 188 g/mol. The molecule has 0 aromatic carbocycles. The lowest BCUT2D eigenvalue weighted by atomic mass is 9.96. The van der Waals surface area contributed by atoms with Gasteiger partial charge in [0.2, 0.25) is 0 Å². The standard InChI is InChI=1S/C12H18N2O/c1-9(11-4-5-11)12(15)6-3-10-7-13-14(2)8-10/h7-9,11H,3-6H2,1-2H3. The van der Waals surface area contributed by atoms with E-state index in [1.165, 1.54) is 12.8 Å². The number of aromatic nitrogens is 2. The fourth-order valence-electron chi connectivity index (χ4n) is 1.96. The van der Waals surface area contributed by atoms with Crippen molar-refractivity contribution in [1.82, 2.24) is 9.78 Å². The molecule has 0 spiro atoms. The summed E-state index contributed by atoms with van der Waals surface area (Å²) in [6.07, 6.45) is 7.83. The van der Waals surface area contributed by atoms with Crippen LogP contribution in [0.3, 0.4) is 0 Å². The lowest BCUT2D eigenvalue weighted by Crippen LogP contribution is -2.13. The molecule has 1 aliphatic rings. The predicted octanol–water partition coefficient (Wildman–Crippen LogP) is 1.97. The van der Waals surface area contributed by atoms with E-state index < -0.39 is 0 Å². The van der Waals surface area contributed by atoms with Crippen molar-refractivity contribution in [3.05, 3.63) is 18.0 Å². The second-order valence-corrected chi connectivity index (χ2v) is 4.61. The van der Waals surface area contributed by atoms with Gasteiger partial charge in [0.25, 0.3) is 0 Å². The zero-order valence-electron chi connectivity index (χ0n) is 9.44. The van der Waals surface area contributed by atoms with E-state index in [-0.39, 0.29) is 5.92 Å². The van der Waals surface area contributed by atoms with E-state index in [9.17, 15) is 4.79 Å². The molecule has 1 aromatic heterocycles. The minimum Gasteiger partial charge on any atom is -0.299 e. The first-order valence-corrected chi connectivity index (χ1v) is 5.67. The SMILES string of the molecule is CC(C(=O)CCc1cnn(C)c1)C1CC1. The minimum absolute atomic E-state index is 0.279. The van der Waals surface area contributed by atoms with Crippen LogP contribution in [0, 0.1) is 11.8 Å². The number of nitrogens with zero attached hydrogens (tertiary/aromatic N) is 2.